The molecule has 5 nitrogen and oxygen atoms in total. The molecule has 0 aliphatic heterocycles. The molecule has 6 heteroatoms. The fourth-order valence-corrected chi connectivity index (χ4v) is 2.73. The molecule has 2 heterocycles. The van der Waals surface area contributed by atoms with Crippen molar-refractivity contribution in [2.45, 2.75) is 0 Å². The lowest BCUT2D eigenvalue weighted by Gasteiger charge is -2.06. The largest absolute Gasteiger partial charge is 0.318 e. The average Bonchev–Trinajstić information content (AvgIpc) is 3.17. The summed E-state index contributed by atoms with van der Waals surface area (Å²) in [5.41, 5.74) is 2.63. The van der Waals surface area contributed by atoms with Gasteiger partial charge in [0.1, 0.15) is 5.82 Å². The average molecular weight is 358 g/mol. The van der Waals surface area contributed by atoms with E-state index in [4.69, 9.17) is 0 Å². The van der Waals surface area contributed by atoms with E-state index in [1.54, 1.807) is 35.3 Å². The van der Waals surface area contributed by atoms with E-state index in [2.05, 4.69) is 15.4 Å². The molecule has 0 unspecified atom stereocenters. The maximum absolute atomic E-state index is 13.8. The molecule has 0 bridgehead atoms. The highest BCUT2D eigenvalue weighted by molar-refractivity contribution is 6.03. The number of para-hydroxylation sites is 2. The fourth-order valence-electron chi connectivity index (χ4n) is 2.73. The summed E-state index contributed by atoms with van der Waals surface area (Å²) in [5.74, 6) is -0.985. The summed E-state index contributed by atoms with van der Waals surface area (Å²) < 4.78 is 15.5. The molecule has 4 rings (SSSR count). The number of carbonyl (C=O) groups excluding carboxylic acids is 1. The van der Waals surface area contributed by atoms with Crippen molar-refractivity contribution in [3.8, 4) is 16.9 Å². The summed E-state index contributed by atoms with van der Waals surface area (Å²) in [6.45, 7) is 0. The van der Waals surface area contributed by atoms with Gasteiger partial charge in [-0.25, -0.2) is 9.07 Å². The molecule has 27 heavy (non-hydrogen) atoms. The van der Waals surface area contributed by atoms with Gasteiger partial charge in [0.25, 0.3) is 5.91 Å². The van der Waals surface area contributed by atoms with Crippen molar-refractivity contribution in [3.05, 3.63) is 96.7 Å². The van der Waals surface area contributed by atoms with Crippen LogP contribution in [-0.2, 0) is 0 Å². The van der Waals surface area contributed by atoms with Crippen LogP contribution in [0.1, 0.15) is 10.5 Å². The summed E-state index contributed by atoms with van der Waals surface area (Å²) >= 11 is 0. The number of nitrogens with one attached hydrogen (secondary N) is 1. The first-order chi connectivity index (χ1) is 13.2. The summed E-state index contributed by atoms with van der Waals surface area (Å²) in [7, 11) is 0. The molecule has 4 aromatic rings. The number of benzene rings is 2. The van der Waals surface area contributed by atoms with Crippen LogP contribution in [0.5, 0.6) is 0 Å². The number of hydrogen-bond donors (Lipinski definition) is 1. The zero-order valence-electron chi connectivity index (χ0n) is 14.2. The molecule has 2 aromatic carbocycles. The van der Waals surface area contributed by atoms with Gasteiger partial charge < -0.3 is 5.32 Å². The molecule has 1 amide bonds. The lowest BCUT2D eigenvalue weighted by Crippen LogP contribution is -2.14. The van der Waals surface area contributed by atoms with E-state index < -0.39 is 11.7 Å². The quantitative estimate of drug-likeness (QED) is 0.591. The van der Waals surface area contributed by atoms with Crippen LogP contribution in [0.4, 0.5) is 10.1 Å². The van der Waals surface area contributed by atoms with Gasteiger partial charge in [-0.1, -0.05) is 30.3 Å². The minimum absolute atomic E-state index is 0.111. The van der Waals surface area contributed by atoms with E-state index in [1.807, 2.05) is 42.5 Å². The number of halogens is 1. The second kappa shape index (κ2) is 7.21. The SMILES string of the molecule is O=C(Nc1ccccc1F)c1cc(-c2cccnc2)n(-c2ccccc2)n1. The van der Waals surface area contributed by atoms with Gasteiger partial charge in [-0.2, -0.15) is 5.10 Å². The minimum Gasteiger partial charge on any atom is -0.318 e. The van der Waals surface area contributed by atoms with Crippen LogP contribution < -0.4 is 5.32 Å². The summed E-state index contributed by atoms with van der Waals surface area (Å²) in [4.78, 5) is 16.8. The Bertz CT molecular complexity index is 1020. The number of anilines is 1. The second-order valence-corrected chi connectivity index (χ2v) is 5.84. The molecule has 0 radical (unpaired) electrons. The van der Waals surface area contributed by atoms with E-state index in [-0.39, 0.29) is 11.4 Å². The van der Waals surface area contributed by atoms with Crippen LogP contribution in [0.25, 0.3) is 16.9 Å². The minimum atomic E-state index is -0.499. The van der Waals surface area contributed by atoms with Gasteiger partial charge in [-0.05, 0) is 42.5 Å². The molecule has 0 spiro atoms. The third-order valence-electron chi connectivity index (χ3n) is 4.02. The monoisotopic (exact) mass is 358 g/mol. The predicted octanol–water partition coefficient (Wildman–Crippen LogP) is 4.33. The molecule has 0 aliphatic rings. The van der Waals surface area contributed by atoms with E-state index >= 15 is 0 Å². The van der Waals surface area contributed by atoms with Gasteiger partial charge in [0.05, 0.1) is 17.1 Å². The second-order valence-electron chi connectivity index (χ2n) is 5.84. The smallest absolute Gasteiger partial charge is 0.276 e. The Morgan fingerprint density at radius 1 is 0.963 bits per heavy atom. The van der Waals surface area contributed by atoms with E-state index in [0.717, 1.165) is 11.3 Å². The maximum Gasteiger partial charge on any atom is 0.276 e. The Balaban J connectivity index is 1.75. The van der Waals surface area contributed by atoms with Gasteiger partial charge in [-0.15, -0.1) is 0 Å². The van der Waals surface area contributed by atoms with Gasteiger partial charge in [0, 0.05) is 18.0 Å². The van der Waals surface area contributed by atoms with Gasteiger partial charge in [0.15, 0.2) is 5.69 Å². The van der Waals surface area contributed by atoms with Crippen LogP contribution in [0.2, 0.25) is 0 Å². The Kier molecular flexibility index (Phi) is 4.45. The van der Waals surface area contributed by atoms with Crippen molar-refractivity contribution in [2.75, 3.05) is 5.32 Å². The summed E-state index contributed by atoms with van der Waals surface area (Å²) in [5, 5.41) is 7.00. The zero-order valence-corrected chi connectivity index (χ0v) is 14.2. The highest BCUT2D eigenvalue weighted by Gasteiger charge is 2.18. The molecular formula is C21H15FN4O. The highest BCUT2D eigenvalue weighted by Crippen LogP contribution is 2.24. The molecular weight excluding hydrogens is 343 g/mol. The summed E-state index contributed by atoms with van der Waals surface area (Å²) in [6, 6.07) is 20.9. The molecule has 0 aliphatic carbocycles. The topological polar surface area (TPSA) is 59.8 Å². The Morgan fingerprint density at radius 2 is 1.74 bits per heavy atom. The lowest BCUT2D eigenvalue weighted by atomic mass is 10.2. The first-order valence-corrected chi connectivity index (χ1v) is 8.34. The van der Waals surface area contributed by atoms with E-state index in [9.17, 15) is 9.18 Å². The van der Waals surface area contributed by atoms with Crippen molar-refractivity contribution in [3.63, 3.8) is 0 Å². The van der Waals surface area contributed by atoms with Crippen molar-refractivity contribution in [1.29, 1.82) is 0 Å². The van der Waals surface area contributed by atoms with Crippen molar-refractivity contribution >= 4 is 11.6 Å². The van der Waals surface area contributed by atoms with Crippen molar-refractivity contribution in [1.82, 2.24) is 14.8 Å². The number of carbonyl (C=O) groups is 1. The van der Waals surface area contributed by atoms with Gasteiger partial charge >= 0.3 is 0 Å². The number of pyridine rings is 1. The van der Waals surface area contributed by atoms with Gasteiger partial charge in [0.2, 0.25) is 0 Å². The third-order valence-corrected chi connectivity index (χ3v) is 4.02. The van der Waals surface area contributed by atoms with Crippen LogP contribution in [0.15, 0.2) is 85.2 Å². The Hall–Kier alpha value is -3.80. The van der Waals surface area contributed by atoms with Crippen LogP contribution >= 0.6 is 0 Å². The van der Waals surface area contributed by atoms with E-state index in [1.165, 1.54) is 12.1 Å². The number of hydrogen-bond acceptors (Lipinski definition) is 3. The van der Waals surface area contributed by atoms with Crippen molar-refractivity contribution in [2.24, 2.45) is 0 Å². The third kappa shape index (κ3) is 3.46. The predicted molar refractivity (Wildman–Crippen MR) is 101 cm³/mol. The number of rotatable bonds is 4. The number of aromatic nitrogens is 3. The maximum atomic E-state index is 13.8. The zero-order chi connectivity index (χ0) is 18.6. The molecule has 1 N–H and O–H groups in total. The first kappa shape index (κ1) is 16.7. The number of nitrogens with zero attached hydrogens (tertiary/aromatic N) is 3. The van der Waals surface area contributed by atoms with Gasteiger partial charge in [-0.3, -0.25) is 9.78 Å². The molecule has 0 saturated carbocycles. The van der Waals surface area contributed by atoms with Crippen molar-refractivity contribution < 1.29 is 9.18 Å². The normalized spacial score (nSPS) is 10.6. The molecule has 0 fully saturated rings. The first-order valence-electron chi connectivity index (χ1n) is 8.34. The highest BCUT2D eigenvalue weighted by atomic mass is 19.1. The lowest BCUT2D eigenvalue weighted by molar-refractivity contribution is 0.102. The molecule has 132 valence electrons. The molecule has 0 atom stereocenters. The molecule has 2 aromatic heterocycles. The van der Waals surface area contributed by atoms with Crippen LogP contribution in [0.3, 0.4) is 0 Å². The Labute approximate surface area is 155 Å². The molecule has 0 saturated heterocycles. The fraction of sp³-hybridized carbons (Fsp3) is 0. The standard InChI is InChI=1S/C21H15FN4O/c22-17-10-4-5-11-18(17)24-21(27)19-13-20(15-7-6-12-23-14-15)26(25-19)16-8-2-1-3-9-16/h1-14H,(H,24,27). The number of amides is 1. The van der Waals surface area contributed by atoms with Crippen LogP contribution in [0, 0.1) is 5.82 Å². The van der Waals surface area contributed by atoms with Crippen LogP contribution in [-0.4, -0.2) is 20.7 Å². The Morgan fingerprint density at radius 3 is 2.48 bits per heavy atom. The summed E-state index contributed by atoms with van der Waals surface area (Å²) in [6.07, 6.45) is 3.38. The van der Waals surface area contributed by atoms with E-state index in [0.29, 0.717) is 5.69 Å².